The topological polar surface area (TPSA) is 48.7 Å². The molecule has 1 unspecified atom stereocenters. The average Bonchev–Trinajstić information content (AvgIpc) is 2.81. The van der Waals surface area contributed by atoms with Gasteiger partial charge in [0.05, 0.1) is 12.8 Å². The largest absolute Gasteiger partial charge is 0.468 e. The number of amides is 1. The number of hydrogen-bond donors (Lipinski definition) is 1. The van der Waals surface area contributed by atoms with Gasteiger partial charge < -0.3 is 14.6 Å². The van der Waals surface area contributed by atoms with Crippen molar-refractivity contribution < 1.29 is 9.21 Å². The van der Waals surface area contributed by atoms with Gasteiger partial charge >= 0.3 is 0 Å². The Hall–Kier alpha value is -1.33. The number of carbonyl (C=O) groups excluding carboxylic acids is 1. The molecule has 1 N–H and O–H groups in total. The van der Waals surface area contributed by atoms with Gasteiger partial charge in [-0.1, -0.05) is 0 Å². The lowest BCUT2D eigenvalue weighted by atomic mass is 10.1. The molecule has 0 aromatic carbocycles. The van der Waals surface area contributed by atoms with Gasteiger partial charge in [0.15, 0.2) is 0 Å². The first-order valence-electron chi connectivity index (χ1n) is 5.88. The number of piperazine rings is 1. The SMILES string of the molecule is CNCC1C(=O)N(C)CCN1Cc1ccco1. The first-order chi connectivity index (χ1) is 8.22. The summed E-state index contributed by atoms with van der Waals surface area (Å²) in [6, 6.07) is 3.73. The van der Waals surface area contributed by atoms with E-state index in [0.29, 0.717) is 13.1 Å². The Bertz CT molecular complexity index is 364. The normalized spacial score (nSPS) is 22.1. The zero-order valence-electron chi connectivity index (χ0n) is 10.3. The molecule has 1 atom stereocenters. The lowest BCUT2D eigenvalue weighted by molar-refractivity contribution is -0.140. The summed E-state index contributed by atoms with van der Waals surface area (Å²) in [5, 5.41) is 3.08. The van der Waals surface area contributed by atoms with Gasteiger partial charge in [-0.05, 0) is 19.2 Å². The van der Waals surface area contributed by atoms with Gasteiger partial charge in [0.25, 0.3) is 0 Å². The molecule has 2 rings (SSSR count). The van der Waals surface area contributed by atoms with Crippen molar-refractivity contribution in [3.8, 4) is 0 Å². The van der Waals surface area contributed by atoms with Crippen molar-refractivity contribution in [3.63, 3.8) is 0 Å². The summed E-state index contributed by atoms with van der Waals surface area (Å²) in [4.78, 5) is 16.0. The Labute approximate surface area is 101 Å². The fraction of sp³-hybridized carbons (Fsp3) is 0.583. The molecule has 5 nitrogen and oxygen atoms in total. The summed E-state index contributed by atoms with van der Waals surface area (Å²) in [6.07, 6.45) is 1.67. The van der Waals surface area contributed by atoms with Crippen LogP contribution in [0.3, 0.4) is 0 Å². The Morgan fingerprint density at radius 3 is 3.00 bits per heavy atom. The molecule has 5 heteroatoms. The molecular weight excluding hydrogens is 218 g/mol. The standard InChI is InChI=1S/C12H19N3O2/c1-13-8-11-12(16)14(2)5-6-15(11)9-10-4-3-7-17-10/h3-4,7,11,13H,5-6,8-9H2,1-2H3. The van der Waals surface area contributed by atoms with E-state index in [2.05, 4.69) is 10.2 Å². The van der Waals surface area contributed by atoms with Gasteiger partial charge in [-0.3, -0.25) is 9.69 Å². The minimum absolute atomic E-state index is 0.0937. The highest BCUT2D eigenvalue weighted by Gasteiger charge is 2.32. The number of furan rings is 1. The van der Waals surface area contributed by atoms with Crippen LogP contribution in [-0.2, 0) is 11.3 Å². The van der Waals surface area contributed by atoms with Crippen molar-refractivity contribution >= 4 is 5.91 Å². The minimum atomic E-state index is -0.0937. The predicted molar refractivity (Wildman–Crippen MR) is 64.5 cm³/mol. The molecule has 1 fully saturated rings. The summed E-state index contributed by atoms with van der Waals surface area (Å²) < 4.78 is 5.34. The molecule has 17 heavy (non-hydrogen) atoms. The van der Waals surface area contributed by atoms with Crippen LogP contribution in [0.2, 0.25) is 0 Å². The monoisotopic (exact) mass is 237 g/mol. The third kappa shape index (κ3) is 2.68. The van der Waals surface area contributed by atoms with Crippen LogP contribution in [0, 0.1) is 0 Å². The van der Waals surface area contributed by atoms with Crippen molar-refractivity contribution in [3.05, 3.63) is 24.2 Å². The van der Waals surface area contributed by atoms with Gasteiger partial charge in [0.1, 0.15) is 11.8 Å². The van der Waals surface area contributed by atoms with E-state index >= 15 is 0 Å². The van der Waals surface area contributed by atoms with Gasteiger partial charge in [-0.2, -0.15) is 0 Å². The molecule has 0 spiro atoms. The van der Waals surface area contributed by atoms with Crippen molar-refractivity contribution in [2.75, 3.05) is 33.7 Å². The number of hydrogen-bond acceptors (Lipinski definition) is 4. The van der Waals surface area contributed by atoms with E-state index in [1.165, 1.54) is 0 Å². The van der Waals surface area contributed by atoms with Crippen molar-refractivity contribution in [2.24, 2.45) is 0 Å². The molecule has 94 valence electrons. The Morgan fingerprint density at radius 2 is 2.35 bits per heavy atom. The number of nitrogens with zero attached hydrogens (tertiary/aromatic N) is 2. The van der Waals surface area contributed by atoms with Gasteiger partial charge in [-0.25, -0.2) is 0 Å². The highest BCUT2D eigenvalue weighted by atomic mass is 16.3. The van der Waals surface area contributed by atoms with E-state index in [1.54, 1.807) is 11.2 Å². The fourth-order valence-corrected chi connectivity index (χ4v) is 2.16. The van der Waals surface area contributed by atoms with Crippen molar-refractivity contribution in [2.45, 2.75) is 12.6 Å². The second-order valence-electron chi connectivity index (χ2n) is 4.38. The quantitative estimate of drug-likeness (QED) is 0.809. The molecule has 0 aliphatic carbocycles. The number of rotatable bonds is 4. The summed E-state index contributed by atoms with van der Waals surface area (Å²) in [6.45, 7) is 3.03. The van der Waals surface area contributed by atoms with E-state index in [4.69, 9.17) is 4.42 Å². The Balaban J connectivity index is 2.06. The van der Waals surface area contributed by atoms with Crippen molar-refractivity contribution in [1.82, 2.24) is 15.1 Å². The summed E-state index contributed by atoms with van der Waals surface area (Å²) in [5.41, 5.74) is 0. The van der Waals surface area contributed by atoms with Crippen LogP contribution in [0.4, 0.5) is 0 Å². The molecule has 1 aromatic heterocycles. The highest BCUT2D eigenvalue weighted by Crippen LogP contribution is 2.14. The van der Waals surface area contributed by atoms with Crippen LogP contribution < -0.4 is 5.32 Å². The molecule has 0 bridgehead atoms. The molecule has 1 aromatic rings. The molecule has 1 aliphatic heterocycles. The minimum Gasteiger partial charge on any atom is -0.468 e. The average molecular weight is 237 g/mol. The maximum atomic E-state index is 12.1. The van der Waals surface area contributed by atoms with E-state index in [1.807, 2.05) is 26.2 Å². The predicted octanol–water partition coefficient (Wildman–Crippen LogP) is 0.142. The molecule has 0 saturated carbocycles. The number of likely N-dealkylation sites (N-methyl/N-ethyl adjacent to an activating group) is 2. The highest BCUT2D eigenvalue weighted by molar-refractivity contribution is 5.82. The van der Waals surface area contributed by atoms with E-state index in [-0.39, 0.29) is 11.9 Å². The molecule has 0 radical (unpaired) electrons. The van der Waals surface area contributed by atoms with Crippen LogP contribution >= 0.6 is 0 Å². The zero-order chi connectivity index (χ0) is 12.3. The smallest absolute Gasteiger partial charge is 0.241 e. The maximum Gasteiger partial charge on any atom is 0.241 e. The van der Waals surface area contributed by atoms with Gasteiger partial charge in [-0.15, -0.1) is 0 Å². The second-order valence-corrected chi connectivity index (χ2v) is 4.38. The van der Waals surface area contributed by atoms with Crippen LogP contribution in [0.5, 0.6) is 0 Å². The van der Waals surface area contributed by atoms with Crippen LogP contribution in [0.25, 0.3) is 0 Å². The van der Waals surface area contributed by atoms with Gasteiger partial charge in [0.2, 0.25) is 5.91 Å². The maximum absolute atomic E-state index is 12.1. The molecule has 1 amide bonds. The van der Waals surface area contributed by atoms with Crippen molar-refractivity contribution in [1.29, 1.82) is 0 Å². The molecule has 2 heterocycles. The number of nitrogens with one attached hydrogen (secondary N) is 1. The van der Waals surface area contributed by atoms with E-state index in [0.717, 1.165) is 18.8 Å². The van der Waals surface area contributed by atoms with Crippen LogP contribution in [0.15, 0.2) is 22.8 Å². The summed E-state index contributed by atoms with van der Waals surface area (Å²) >= 11 is 0. The van der Waals surface area contributed by atoms with E-state index < -0.39 is 0 Å². The first kappa shape index (κ1) is 12.1. The Morgan fingerprint density at radius 1 is 1.53 bits per heavy atom. The Kier molecular flexibility index (Phi) is 3.81. The molecule has 1 aliphatic rings. The van der Waals surface area contributed by atoms with Crippen LogP contribution in [0.1, 0.15) is 5.76 Å². The lowest BCUT2D eigenvalue weighted by Gasteiger charge is -2.38. The molecular formula is C12H19N3O2. The third-order valence-corrected chi connectivity index (χ3v) is 3.16. The lowest BCUT2D eigenvalue weighted by Crippen LogP contribution is -2.58. The molecule has 1 saturated heterocycles. The van der Waals surface area contributed by atoms with E-state index in [9.17, 15) is 4.79 Å². The van der Waals surface area contributed by atoms with Crippen LogP contribution in [-0.4, -0.2) is 55.5 Å². The summed E-state index contributed by atoms with van der Waals surface area (Å²) in [7, 11) is 3.72. The number of carbonyl (C=O) groups is 1. The zero-order valence-corrected chi connectivity index (χ0v) is 10.3. The summed E-state index contributed by atoms with van der Waals surface area (Å²) in [5.74, 6) is 1.08. The fourth-order valence-electron chi connectivity index (χ4n) is 2.16. The third-order valence-electron chi connectivity index (χ3n) is 3.16. The second kappa shape index (κ2) is 5.33. The first-order valence-corrected chi connectivity index (χ1v) is 5.88. The van der Waals surface area contributed by atoms with Gasteiger partial charge in [0, 0.05) is 26.7 Å².